The van der Waals surface area contributed by atoms with Gasteiger partial charge in [0, 0.05) is 16.0 Å². The molecule has 1 atom stereocenters. The first-order chi connectivity index (χ1) is 9.49. The van der Waals surface area contributed by atoms with Crippen LogP contribution in [0.3, 0.4) is 0 Å². The zero-order valence-corrected chi connectivity index (χ0v) is 12.2. The van der Waals surface area contributed by atoms with Crippen molar-refractivity contribution in [1.82, 2.24) is 0 Å². The van der Waals surface area contributed by atoms with Gasteiger partial charge in [-0.25, -0.2) is 0 Å². The molecule has 0 bridgehead atoms. The van der Waals surface area contributed by atoms with Crippen molar-refractivity contribution in [3.63, 3.8) is 0 Å². The predicted molar refractivity (Wildman–Crippen MR) is 79.3 cm³/mol. The van der Waals surface area contributed by atoms with Crippen LogP contribution < -0.4 is 0 Å². The lowest BCUT2D eigenvalue weighted by atomic mass is 10.1. The monoisotopic (exact) mass is 309 g/mol. The van der Waals surface area contributed by atoms with Crippen molar-refractivity contribution < 1.29 is 10.0 Å². The maximum Gasteiger partial charge on any atom is 0.283 e. The van der Waals surface area contributed by atoms with Crippen molar-refractivity contribution in [2.75, 3.05) is 0 Å². The van der Waals surface area contributed by atoms with E-state index < -0.39 is 11.0 Å². The molecule has 0 heterocycles. The Balaban J connectivity index is 2.31. The Morgan fingerprint density at radius 1 is 1.30 bits per heavy atom. The van der Waals surface area contributed by atoms with Gasteiger partial charge in [-0.3, -0.25) is 10.1 Å². The van der Waals surface area contributed by atoms with E-state index in [-0.39, 0.29) is 5.69 Å². The molecule has 0 spiro atoms. The Bertz CT molecular complexity index is 646. The lowest BCUT2D eigenvalue weighted by Gasteiger charge is -2.09. The van der Waals surface area contributed by atoms with E-state index in [2.05, 4.69) is 0 Å². The van der Waals surface area contributed by atoms with Gasteiger partial charge in [0.15, 0.2) is 0 Å². The summed E-state index contributed by atoms with van der Waals surface area (Å²) in [6.45, 7) is 1.63. The average molecular weight is 310 g/mol. The van der Waals surface area contributed by atoms with Gasteiger partial charge in [0.25, 0.3) is 5.69 Å². The summed E-state index contributed by atoms with van der Waals surface area (Å²) in [5, 5.41) is 20.9. The van der Waals surface area contributed by atoms with Gasteiger partial charge < -0.3 is 5.11 Å². The topological polar surface area (TPSA) is 63.4 Å². The molecule has 0 aliphatic heterocycles. The highest BCUT2D eigenvalue weighted by atomic mass is 35.5. The molecule has 0 aliphatic carbocycles. The molecule has 1 N–H and O–H groups in total. The minimum Gasteiger partial charge on any atom is -0.389 e. The van der Waals surface area contributed by atoms with Gasteiger partial charge in [0.05, 0.1) is 15.9 Å². The summed E-state index contributed by atoms with van der Waals surface area (Å²) in [5.74, 6) is 0. The normalized spacial score (nSPS) is 12.2. The standard InChI is InChI=1S/C14H12ClNO3S/c1-9(17)11-7-6-10(8-12(11)15)20-14-5-3-2-4-13(14)16(18)19/h2-9,17H,1H3. The van der Waals surface area contributed by atoms with E-state index >= 15 is 0 Å². The fourth-order valence-corrected chi connectivity index (χ4v) is 3.10. The quantitative estimate of drug-likeness (QED) is 0.669. The first-order valence-corrected chi connectivity index (χ1v) is 7.07. The molecular formula is C14H12ClNO3S. The maximum atomic E-state index is 11.0. The number of aliphatic hydroxyl groups is 1. The van der Waals surface area contributed by atoms with Crippen LogP contribution in [0.15, 0.2) is 52.3 Å². The zero-order valence-electron chi connectivity index (χ0n) is 10.6. The summed E-state index contributed by atoms with van der Waals surface area (Å²) < 4.78 is 0. The summed E-state index contributed by atoms with van der Waals surface area (Å²) in [5.41, 5.74) is 0.701. The molecule has 0 saturated heterocycles. The first-order valence-electron chi connectivity index (χ1n) is 5.88. The summed E-state index contributed by atoms with van der Waals surface area (Å²) in [6.07, 6.45) is -0.646. The molecule has 0 fully saturated rings. The molecule has 2 aromatic carbocycles. The van der Waals surface area contributed by atoms with Gasteiger partial charge in [0.2, 0.25) is 0 Å². The van der Waals surface area contributed by atoms with E-state index in [1.165, 1.54) is 17.8 Å². The second-order valence-corrected chi connectivity index (χ2v) is 5.71. The van der Waals surface area contributed by atoms with E-state index in [1.54, 1.807) is 43.3 Å². The largest absolute Gasteiger partial charge is 0.389 e. The summed E-state index contributed by atoms with van der Waals surface area (Å²) >= 11 is 7.36. The van der Waals surface area contributed by atoms with Gasteiger partial charge in [-0.1, -0.05) is 41.6 Å². The SMILES string of the molecule is CC(O)c1ccc(Sc2ccccc2[N+](=O)[O-])cc1Cl. The number of benzene rings is 2. The Hall–Kier alpha value is -1.56. The predicted octanol–water partition coefficient (Wildman–Crippen LogP) is 4.45. The molecule has 1 unspecified atom stereocenters. The highest BCUT2D eigenvalue weighted by molar-refractivity contribution is 7.99. The fourth-order valence-electron chi connectivity index (χ4n) is 1.73. The second-order valence-electron chi connectivity index (χ2n) is 4.19. The van der Waals surface area contributed by atoms with Gasteiger partial charge >= 0.3 is 0 Å². The second kappa shape index (κ2) is 6.26. The van der Waals surface area contributed by atoms with Crippen molar-refractivity contribution in [3.05, 3.63) is 63.2 Å². The third-order valence-electron chi connectivity index (χ3n) is 2.71. The van der Waals surface area contributed by atoms with Crippen LogP contribution in [0.2, 0.25) is 5.02 Å². The molecule has 2 rings (SSSR count). The van der Waals surface area contributed by atoms with Crippen LogP contribution in [0.5, 0.6) is 0 Å². The molecule has 0 saturated carbocycles. The molecule has 0 aliphatic rings. The van der Waals surface area contributed by atoms with Crippen LogP contribution in [-0.2, 0) is 0 Å². The van der Waals surface area contributed by atoms with E-state index in [9.17, 15) is 15.2 Å². The molecular weight excluding hydrogens is 298 g/mol. The Morgan fingerprint density at radius 2 is 2.00 bits per heavy atom. The van der Waals surface area contributed by atoms with Crippen molar-refractivity contribution in [2.45, 2.75) is 22.8 Å². The highest BCUT2D eigenvalue weighted by Gasteiger charge is 2.14. The minimum atomic E-state index is -0.646. The van der Waals surface area contributed by atoms with Gasteiger partial charge in [-0.2, -0.15) is 0 Å². The van der Waals surface area contributed by atoms with Crippen molar-refractivity contribution >= 4 is 29.1 Å². The van der Waals surface area contributed by atoms with E-state index in [0.717, 1.165) is 4.90 Å². The molecule has 4 nitrogen and oxygen atoms in total. The van der Waals surface area contributed by atoms with Crippen LogP contribution in [0.25, 0.3) is 0 Å². The molecule has 0 amide bonds. The van der Waals surface area contributed by atoms with E-state index in [1.807, 2.05) is 0 Å². The fraction of sp³-hybridized carbons (Fsp3) is 0.143. The smallest absolute Gasteiger partial charge is 0.283 e. The molecule has 20 heavy (non-hydrogen) atoms. The number of hydrogen-bond acceptors (Lipinski definition) is 4. The average Bonchev–Trinajstić information content (AvgIpc) is 2.38. The van der Waals surface area contributed by atoms with Gasteiger partial charge in [-0.05, 0) is 30.7 Å². The van der Waals surface area contributed by atoms with E-state index in [0.29, 0.717) is 15.5 Å². The summed E-state index contributed by atoms with van der Waals surface area (Å²) in [7, 11) is 0. The van der Waals surface area contributed by atoms with Crippen LogP contribution in [0.1, 0.15) is 18.6 Å². The number of halogens is 1. The molecule has 2 aromatic rings. The van der Waals surface area contributed by atoms with Crippen LogP contribution in [-0.4, -0.2) is 10.0 Å². The van der Waals surface area contributed by atoms with Crippen LogP contribution >= 0.6 is 23.4 Å². The maximum absolute atomic E-state index is 11.0. The number of nitro groups is 1. The Labute approximate surface area is 125 Å². The number of nitrogens with zero attached hydrogens (tertiary/aromatic N) is 1. The number of rotatable bonds is 4. The minimum absolute atomic E-state index is 0.0632. The molecule has 0 radical (unpaired) electrons. The summed E-state index contributed by atoms with van der Waals surface area (Å²) in [4.78, 5) is 11.9. The number of para-hydroxylation sites is 1. The number of nitro benzene ring substituents is 1. The van der Waals surface area contributed by atoms with Gasteiger partial charge in [0.1, 0.15) is 0 Å². The first kappa shape index (κ1) is 14.8. The van der Waals surface area contributed by atoms with E-state index in [4.69, 9.17) is 11.6 Å². The highest BCUT2D eigenvalue weighted by Crippen LogP contribution is 2.36. The third kappa shape index (κ3) is 3.30. The van der Waals surface area contributed by atoms with Gasteiger partial charge in [-0.15, -0.1) is 0 Å². The number of hydrogen-bond donors (Lipinski definition) is 1. The number of aliphatic hydroxyl groups excluding tert-OH is 1. The molecule has 6 heteroatoms. The molecule has 104 valence electrons. The van der Waals surface area contributed by atoms with Crippen molar-refractivity contribution in [3.8, 4) is 0 Å². The zero-order chi connectivity index (χ0) is 14.7. The van der Waals surface area contributed by atoms with Crippen LogP contribution in [0.4, 0.5) is 5.69 Å². The lowest BCUT2D eigenvalue weighted by molar-refractivity contribution is -0.387. The van der Waals surface area contributed by atoms with Crippen molar-refractivity contribution in [1.29, 1.82) is 0 Å². The van der Waals surface area contributed by atoms with Crippen molar-refractivity contribution in [2.24, 2.45) is 0 Å². The third-order valence-corrected chi connectivity index (χ3v) is 4.09. The molecule has 0 aromatic heterocycles. The summed E-state index contributed by atoms with van der Waals surface area (Å²) in [6, 6.07) is 11.8. The Kier molecular flexibility index (Phi) is 4.65. The Morgan fingerprint density at radius 3 is 2.60 bits per heavy atom. The lowest BCUT2D eigenvalue weighted by Crippen LogP contribution is -1.93. The van der Waals surface area contributed by atoms with Crippen LogP contribution in [0, 0.1) is 10.1 Å².